The lowest BCUT2D eigenvalue weighted by molar-refractivity contribution is 1.16. The molecule has 0 N–H and O–H groups in total. The molecule has 0 saturated heterocycles. The SMILES string of the molecule is C#CSC(c1ccccc1)c1ccccc1. The Kier molecular flexibility index (Phi) is 3.69. The van der Waals surface area contributed by atoms with Crippen LogP contribution in [0.3, 0.4) is 0 Å². The molecule has 0 heterocycles. The summed E-state index contributed by atoms with van der Waals surface area (Å²) in [6.07, 6.45) is 5.42. The van der Waals surface area contributed by atoms with Crippen LogP contribution in [0.1, 0.15) is 16.4 Å². The summed E-state index contributed by atoms with van der Waals surface area (Å²) in [7, 11) is 0. The van der Waals surface area contributed by atoms with Crippen molar-refractivity contribution >= 4 is 11.8 Å². The molecule has 0 fully saturated rings. The van der Waals surface area contributed by atoms with E-state index in [1.165, 1.54) is 22.9 Å². The highest BCUT2D eigenvalue weighted by molar-refractivity contribution is 8.04. The second kappa shape index (κ2) is 5.44. The van der Waals surface area contributed by atoms with Crippen molar-refractivity contribution in [3.8, 4) is 11.7 Å². The Balaban J connectivity index is 2.36. The fourth-order valence-electron chi connectivity index (χ4n) is 1.65. The van der Waals surface area contributed by atoms with Gasteiger partial charge in [-0.2, -0.15) is 0 Å². The molecule has 16 heavy (non-hydrogen) atoms. The largest absolute Gasteiger partial charge is 0.108 e. The van der Waals surface area contributed by atoms with E-state index in [0.29, 0.717) is 0 Å². The highest BCUT2D eigenvalue weighted by Gasteiger charge is 2.12. The van der Waals surface area contributed by atoms with Gasteiger partial charge in [0.1, 0.15) is 0 Å². The van der Waals surface area contributed by atoms with Gasteiger partial charge >= 0.3 is 0 Å². The molecule has 0 radical (unpaired) electrons. The number of terminal acetylenes is 1. The summed E-state index contributed by atoms with van der Waals surface area (Å²) in [4.78, 5) is 0. The molecule has 2 aromatic carbocycles. The summed E-state index contributed by atoms with van der Waals surface area (Å²) in [5.41, 5.74) is 2.49. The van der Waals surface area contributed by atoms with Gasteiger partial charge in [-0.3, -0.25) is 0 Å². The maximum atomic E-state index is 5.42. The molecule has 78 valence electrons. The Hall–Kier alpha value is -1.65. The summed E-state index contributed by atoms with van der Waals surface area (Å²) >= 11 is 1.51. The van der Waals surface area contributed by atoms with Crippen molar-refractivity contribution in [2.24, 2.45) is 0 Å². The molecular weight excluding hydrogens is 212 g/mol. The molecule has 0 nitrogen and oxygen atoms in total. The minimum Gasteiger partial charge on any atom is -0.108 e. The van der Waals surface area contributed by atoms with Gasteiger partial charge in [0.15, 0.2) is 0 Å². The first kappa shape index (κ1) is 10.9. The Morgan fingerprint density at radius 2 is 1.25 bits per heavy atom. The van der Waals surface area contributed by atoms with Crippen molar-refractivity contribution < 1.29 is 0 Å². The fourth-order valence-corrected chi connectivity index (χ4v) is 2.37. The van der Waals surface area contributed by atoms with E-state index in [1.54, 1.807) is 0 Å². The van der Waals surface area contributed by atoms with Crippen LogP contribution in [0.2, 0.25) is 0 Å². The van der Waals surface area contributed by atoms with Crippen LogP contribution < -0.4 is 0 Å². The first-order valence-electron chi connectivity index (χ1n) is 5.13. The van der Waals surface area contributed by atoms with E-state index in [-0.39, 0.29) is 5.25 Å². The standard InChI is InChI=1S/C15H12S/c1-2-16-15(13-9-5-3-6-10-13)14-11-7-4-8-12-14/h1,3-12,15H. The van der Waals surface area contributed by atoms with Gasteiger partial charge in [-0.05, 0) is 16.4 Å². The molecule has 2 rings (SSSR count). The molecule has 0 bridgehead atoms. The summed E-state index contributed by atoms with van der Waals surface area (Å²) in [6.45, 7) is 0. The van der Waals surface area contributed by atoms with Gasteiger partial charge in [0.05, 0.1) is 5.25 Å². The average Bonchev–Trinajstić information content (AvgIpc) is 2.38. The first-order valence-corrected chi connectivity index (χ1v) is 6.01. The van der Waals surface area contributed by atoms with Crippen LogP contribution in [0.4, 0.5) is 0 Å². The molecule has 0 spiro atoms. The van der Waals surface area contributed by atoms with Gasteiger partial charge in [0.2, 0.25) is 0 Å². The summed E-state index contributed by atoms with van der Waals surface area (Å²) in [5.74, 6) is 0. The predicted octanol–water partition coefficient (Wildman–Crippen LogP) is 4.10. The van der Waals surface area contributed by atoms with Crippen molar-refractivity contribution in [3.05, 3.63) is 71.8 Å². The van der Waals surface area contributed by atoms with Crippen LogP contribution in [0, 0.1) is 11.7 Å². The minimum atomic E-state index is 0.229. The zero-order valence-corrected chi connectivity index (χ0v) is 9.65. The van der Waals surface area contributed by atoms with Gasteiger partial charge in [-0.25, -0.2) is 0 Å². The van der Waals surface area contributed by atoms with Crippen LogP contribution in [0.25, 0.3) is 0 Å². The molecule has 0 aromatic heterocycles. The average molecular weight is 224 g/mol. The van der Waals surface area contributed by atoms with Gasteiger partial charge in [0.25, 0.3) is 0 Å². The lowest BCUT2D eigenvalue weighted by Crippen LogP contribution is -1.94. The molecule has 1 heteroatoms. The molecule has 0 unspecified atom stereocenters. The Morgan fingerprint density at radius 3 is 1.62 bits per heavy atom. The highest BCUT2D eigenvalue weighted by Crippen LogP contribution is 2.34. The Morgan fingerprint density at radius 1 is 0.812 bits per heavy atom. The lowest BCUT2D eigenvalue weighted by Gasteiger charge is -2.14. The Labute approximate surface area is 101 Å². The lowest BCUT2D eigenvalue weighted by atomic mass is 10.0. The highest BCUT2D eigenvalue weighted by atomic mass is 32.2. The normalized spacial score (nSPS) is 10.0. The zero-order chi connectivity index (χ0) is 11.2. The molecule has 0 aliphatic rings. The predicted molar refractivity (Wildman–Crippen MR) is 71.2 cm³/mol. The Bertz CT molecular complexity index is 428. The molecule has 0 saturated carbocycles. The number of benzene rings is 2. The van der Waals surface area contributed by atoms with Gasteiger partial charge in [-0.1, -0.05) is 72.4 Å². The smallest absolute Gasteiger partial charge is 0.0670 e. The second-order valence-corrected chi connectivity index (χ2v) is 4.38. The van der Waals surface area contributed by atoms with Gasteiger partial charge in [0, 0.05) is 0 Å². The third-order valence-electron chi connectivity index (χ3n) is 2.39. The third kappa shape index (κ3) is 2.48. The van der Waals surface area contributed by atoms with Crippen LogP contribution >= 0.6 is 11.8 Å². The second-order valence-electron chi connectivity index (χ2n) is 3.44. The summed E-state index contributed by atoms with van der Waals surface area (Å²) in [6, 6.07) is 20.7. The van der Waals surface area contributed by atoms with E-state index in [1.807, 2.05) is 36.4 Å². The van der Waals surface area contributed by atoms with E-state index in [2.05, 4.69) is 29.5 Å². The van der Waals surface area contributed by atoms with Crippen LogP contribution in [-0.4, -0.2) is 0 Å². The van der Waals surface area contributed by atoms with E-state index in [9.17, 15) is 0 Å². The molecule has 2 aromatic rings. The zero-order valence-electron chi connectivity index (χ0n) is 8.84. The van der Waals surface area contributed by atoms with Crippen LogP contribution in [0.5, 0.6) is 0 Å². The number of rotatable bonds is 3. The molecule has 0 aliphatic carbocycles. The van der Waals surface area contributed by atoms with Crippen LogP contribution in [0.15, 0.2) is 60.7 Å². The minimum absolute atomic E-state index is 0.229. The van der Waals surface area contributed by atoms with Crippen LogP contribution in [-0.2, 0) is 0 Å². The summed E-state index contributed by atoms with van der Waals surface area (Å²) in [5, 5.41) is 2.91. The molecule has 0 atom stereocenters. The first-order chi connectivity index (χ1) is 7.92. The molecule has 0 aliphatic heterocycles. The number of hydrogen-bond acceptors (Lipinski definition) is 1. The van der Waals surface area contributed by atoms with Crippen molar-refractivity contribution in [1.82, 2.24) is 0 Å². The number of hydrogen-bond donors (Lipinski definition) is 0. The van der Waals surface area contributed by atoms with Crippen molar-refractivity contribution in [1.29, 1.82) is 0 Å². The quantitative estimate of drug-likeness (QED) is 0.707. The third-order valence-corrected chi connectivity index (χ3v) is 3.31. The topological polar surface area (TPSA) is 0 Å². The van der Waals surface area contributed by atoms with E-state index in [0.717, 1.165) is 0 Å². The molecular formula is C15H12S. The van der Waals surface area contributed by atoms with Gasteiger partial charge in [-0.15, -0.1) is 6.42 Å². The maximum absolute atomic E-state index is 5.42. The van der Waals surface area contributed by atoms with Crippen molar-refractivity contribution in [3.63, 3.8) is 0 Å². The van der Waals surface area contributed by atoms with Gasteiger partial charge < -0.3 is 0 Å². The summed E-state index contributed by atoms with van der Waals surface area (Å²) < 4.78 is 0. The monoisotopic (exact) mass is 224 g/mol. The van der Waals surface area contributed by atoms with Crippen molar-refractivity contribution in [2.75, 3.05) is 0 Å². The van der Waals surface area contributed by atoms with E-state index >= 15 is 0 Å². The maximum Gasteiger partial charge on any atom is 0.0670 e. The van der Waals surface area contributed by atoms with E-state index < -0.39 is 0 Å². The van der Waals surface area contributed by atoms with Crippen molar-refractivity contribution in [2.45, 2.75) is 5.25 Å². The molecule has 0 amide bonds. The van der Waals surface area contributed by atoms with E-state index in [4.69, 9.17) is 6.42 Å². The number of thioether (sulfide) groups is 1. The fraction of sp³-hybridized carbons (Fsp3) is 0.0667.